The van der Waals surface area contributed by atoms with Crippen molar-refractivity contribution < 1.29 is 4.79 Å². The fraction of sp³-hybridized carbons (Fsp3) is 0.250. The summed E-state index contributed by atoms with van der Waals surface area (Å²) in [6.07, 6.45) is 3.29. The van der Waals surface area contributed by atoms with Crippen molar-refractivity contribution >= 4 is 20.5 Å². The van der Waals surface area contributed by atoms with E-state index in [9.17, 15) is 4.79 Å². The van der Waals surface area contributed by atoms with E-state index in [0.29, 0.717) is 6.42 Å². The fourth-order valence-electron chi connectivity index (χ4n) is 1.42. The average molecular weight is 165 g/mol. The first-order chi connectivity index (χ1) is 5.29. The van der Waals surface area contributed by atoms with E-state index in [1.54, 1.807) is 6.20 Å². The molecule has 0 fully saturated rings. The lowest BCUT2D eigenvalue weighted by Crippen LogP contribution is -2.09. The summed E-state index contributed by atoms with van der Waals surface area (Å²) < 4.78 is 0. The number of ketones is 1. The summed E-state index contributed by atoms with van der Waals surface area (Å²) >= 11 is 0. The van der Waals surface area contributed by atoms with Crippen molar-refractivity contribution in [3.63, 3.8) is 0 Å². The van der Waals surface area contributed by atoms with Crippen LogP contribution in [0, 0.1) is 0 Å². The van der Waals surface area contributed by atoms with Crippen molar-refractivity contribution in [3.8, 4) is 0 Å². The van der Waals surface area contributed by atoms with E-state index in [4.69, 9.17) is 0 Å². The Labute approximate surface area is 67.2 Å². The summed E-state index contributed by atoms with van der Waals surface area (Å²) in [5.41, 5.74) is 2.78. The van der Waals surface area contributed by atoms with Crippen LogP contribution in [0.2, 0.25) is 0 Å². The van der Waals surface area contributed by atoms with Crippen molar-refractivity contribution in [2.45, 2.75) is 12.8 Å². The summed E-state index contributed by atoms with van der Waals surface area (Å²) in [5, 5.41) is 0. The monoisotopic (exact) mass is 165 g/mol. The molecule has 3 heteroatoms. The Morgan fingerprint density at radius 2 is 2.27 bits per heavy atom. The predicted molar refractivity (Wildman–Crippen MR) is 46.2 cm³/mol. The molecule has 0 saturated heterocycles. The van der Waals surface area contributed by atoms with Crippen LogP contribution in [0.1, 0.15) is 22.3 Å². The van der Waals surface area contributed by atoms with Crippen molar-refractivity contribution in [2.75, 3.05) is 0 Å². The summed E-state index contributed by atoms with van der Waals surface area (Å²) in [4.78, 5) is 15.3. The Balaban J connectivity index is 2.68. The molecule has 0 bridgehead atoms. The van der Waals surface area contributed by atoms with E-state index < -0.39 is 0 Å². The van der Waals surface area contributed by atoms with Gasteiger partial charge in [-0.1, -0.05) is 9.24 Å². The largest absolute Gasteiger partial charge is 0.294 e. The zero-order valence-electron chi connectivity index (χ0n) is 6.00. The maximum Gasteiger partial charge on any atom is 0.165 e. The maximum atomic E-state index is 11.2. The van der Waals surface area contributed by atoms with Gasteiger partial charge in [0.1, 0.15) is 0 Å². The fourth-order valence-corrected chi connectivity index (χ4v) is 1.86. The lowest BCUT2D eigenvalue weighted by molar-refractivity contribution is 0.0995. The van der Waals surface area contributed by atoms with E-state index in [1.807, 2.05) is 6.07 Å². The molecule has 0 saturated carbocycles. The summed E-state index contributed by atoms with van der Waals surface area (Å²) in [7, 11) is 2.50. The van der Waals surface area contributed by atoms with Gasteiger partial charge in [-0.15, -0.1) is 0 Å². The molecule has 0 amide bonds. The van der Waals surface area contributed by atoms with Gasteiger partial charge in [-0.2, -0.15) is 0 Å². The van der Waals surface area contributed by atoms with Gasteiger partial charge in [0.25, 0.3) is 0 Å². The van der Waals surface area contributed by atoms with Crippen LogP contribution in [-0.4, -0.2) is 10.8 Å². The summed E-state index contributed by atoms with van der Waals surface area (Å²) in [6.45, 7) is 0. The highest BCUT2D eigenvalue weighted by Crippen LogP contribution is 2.19. The van der Waals surface area contributed by atoms with Crippen LogP contribution < -0.4 is 5.44 Å². The van der Waals surface area contributed by atoms with Crippen molar-refractivity contribution in [2.24, 2.45) is 0 Å². The highest BCUT2D eigenvalue weighted by molar-refractivity contribution is 7.27. The average Bonchev–Trinajstić information content (AvgIpc) is 2.34. The minimum Gasteiger partial charge on any atom is -0.294 e. The predicted octanol–water partition coefficient (Wildman–Crippen LogP) is 0.711. The molecular weight excluding hydrogens is 157 g/mol. The number of carbonyl (C=O) groups excluding carboxylic acids is 1. The molecule has 0 N–H and O–H groups in total. The van der Waals surface area contributed by atoms with E-state index in [-0.39, 0.29) is 5.78 Å². The minimum absolute atomic E-state index is 0.234. The maximum absolute atomic E-state index is 11.2. The molecule has 11 heavy (non-hydrogen) atoms. The topological polar surface area (TPSA) is 30.0 Å². The number of Topliss-reactive ketones (excluding diaryl/α,β-unsaturated/α-hetero) is 1. The number of rotatable bonds is 0. The molecule has 1 aliphatic rings. The molecule has 0 aromatic carbocycles. The number of fused-ring (bicyclic) bond motifs is 1. The first kappa shape index (κ1) is 6.93. The molecule has 1 atom stereocenters. The molecule has 0 radical (unpaired) electrons. The molecule has 0 spiro atoms. The molecule has 1 aromatic heterocycles. The number of aryl methyl sites for hydroxylation is 1. The first-order valence-electron chi connectivity index (χ1n) is 3.55. The second kappa shape index (κ2) is 2.38. The Kier molecular flexibility index (Phi) is 1.50. The molecule has 1 aliphatic carbocycles. The third kappa shape index (κ3) is 0.982. The lowest BCUT2D eigenvalue weighted by atomic mass is 10.2. The van der Waals surface area contributed by atoms with Gasteiger partial charge in [-0.3, -0.25) is 9.78 Å². The van der Waals surface area contributed by atoms with Crippen LogP contribution in [0.3, 0.4) is 0 Å². The Bertz CT molecular complexity index is 322. The molecule has 2 rings (SSSR count). The number of carbonyl (C=O) groups is 1. The van der Waals surface area contributed by atoms with E-state index in [2.05, 4.69) is 14.2 Å². The van der Waals surface area contributed by atoms with Crippen molar-refractivity contribution in [3.05, 3.63) is 23.4 Å². The van der Waals surface area contributed by atoms with Gasteiger partial charge in [-0.25, -0.2) is 0 Å². The summed E-state index contributed by atoms with van der Waals surface area (Å²) in [5.74, 6) is 0.234. The molecule has 56 valence electrons. The zero-order valence-corrected chi connectivity index (χ0v) is 7.16. The van der Waals surface area contributed by atoms with Gasteiger partial charge in [-0.05, 0) is 18.1 Å². The molecule has 1 unspecified atom stereocenters. The van der Waals surface area contributed by atoms with Gasteiger partial charge in [0.2, 0.25) is 0 Å². The van der Waals surface area contributed by atoms with Crippen LogP contribution in [0.25, 0.3) is 0 Å². The van der Waals surface area contributed by atoms with E-state index in [1.165, 1.54) is 0 Å². The Hall–Kier alpha value is -0.750. The molecule has 0 aliphatic heterocycles. The molecule has 2 nitrogen and oxygen atoms in total. The number of hydrogen-bond donors (Lipinski definition) is 0. The van der Waals surface area contributed by atoms with Gasteiger partial charge < -0.3 is 0 Å². The molecule has 1 aromatic rings. The second-order valence-electron chi connectivity index (χ2n) is 2.65. The van der Waals surface area contributed by atoms with Crippen molar-refractivity contribution in [1.82, 2.24) is 4.98 Å². The molecular formula is C8H8NOP. The normalized spacial score (nSPS) is 15.2. The number of aromatic nitrogens is 1. The van der Waals surface area contributed by atoms with Gasteiger partial charge >= 0.3 is 0 Å². The number of pyridine rings is 1. The number of nitrogens with zero attached hydrogens (tertiary/aromatic N) is 1. The zero-order chi connectivity index (χ0) is 7.84. The Morgan fingerprint density at radius 1 is 1.45 bits per heavy atom. The van der Waals surface area contributed by atoms with Crippen LogP contribution in [0.5, 0.6) is 0 Å². The highest BCUT2D eigenvalue weighted by atomic mass is 31.0. The van der Waals surface area contributed by atoms with Crippen LogP contribution in [0.15, 0.2) is 12.3 Å². The van der Waals surface area contributed by atoms with Crippen LogP contribution >= 0.6 is 9.24 Å². The SMILES string of the molecule is O=C1CCc2ccnc(P)c21. The van der Waals surface area contributed by atoms with E-state index in [0.717, 1.165) is 23.0 Å². The van der Waals surface area contributed by atoms with Gasteiger partial charge in [0.05, 0.1) is 5.44 Å². The first-order valence-corrected chi connectivity index (χ1v) is 4.13. The minimum atomic E-state index is 0.234. The third-order valence-electron chi connectivity index (χ3n) is 1.97. The van der Waals surface area contributed by atoms with E-state index >= 15 is 0 Å². The van der Waals surface area contributed by atoms with Gasteiger partial charge in [0, 0.05) is 18.2 Å². The summed E-state index contributed by atoms with van der Waals surface area (Å²) in [6, 6.07) is 1.92. The smallest absolute Gasteiger partial charge is 0.165 e. The quantitative estimate of drug-likeness (QED) is 0.530. The molecule has 1 heterocycles. The van der Waals surface area contributed by atoms with Gasteiger partial charge in [0.15, 0.2) is 5.78 Å². The Morgan fingerprint density at radius 3 is 3.00 bits per heavy atom. The lowest BCUT2D eigenvalue weighted by Gasteiger charge is -1.98. The highest BCUT2D eigenvalue weighted by Gasteiger charge is 2.21. The second-order valence-corrected chi connectivity index (χ2v) is 3.20. The third-order valence-corrected chi connectivity index (χ3v) is 2.40. The number of hydrogen-bond acceptors (Lipinski definition) is 2. The van der Waals surface area contributed by atoms with Crippen LogP contribution in [-0.2, 0) is 6.42 Å². The van der Waals surface area contributed by atoms with Crippen molar-refractivity contribution in [1.29, 1.82) is 0 Å². The van der Waals surface area contributed by atoms with Crippen LogP contribution in [0.4, 0.5) is 0 Å². The standard InChI is InChI=1S/C8H8NOP/c10-6-2-1-5-3-4-9-8(11)7(5)6/h3-4H,1-2,11H2.